The van der Waals surface area contributed by atoms with Gasteiger partial charge in [-0.2, -0.15) is 0 Å². The summed E-state index contributed by atoms with van der Waals surface area (Å²) in [5.41, 5.74) is 8.52. The number of hydrogen-bond donors (Lipinski definition) is 1. The summed E-state index contributed by atoms with van der Waals surface area (Å²) in [5, 5.41) is 0. The number of rotatable bonds is 7. The van der Waals surface area contributed by atoms with E-state index in [0.29, 0.717) is 6.54 Å². The van der Waals surface area contributed by atoms with E-state index in [1.165, 1.54) is 11.1 Å². The summed E-state index contributed by atoms with van der Waals surface area (Å²) in [5.74, 6) is 1.73. The molecule has 0 radical (unpaired) electrons. The average molecular weight is 293 g/mol. The summed E-state index contributed by atoms with van der Waals surface area (Å²) in [4.78, 5) is 4.65. The van der Waals surface area contributed by atoms with Gasteiger partial charge < -0.3 is 20.1 Å². The van der Waals surface area contributed by atoms with Crippen LogP contribution in [0.1, 0.15) is 23.6 Å². The number of nitrogens with two attached hydrogens (primary N) is 1. The third kappa shape index (κ3) is 3.48. The molecule has 0 aliphatic carbocycles. The average Bonchev–Trinajstić information content (AvgIpc) is 2.83. The highest BCUT2D eigenvalue weighted by Crippen LogP contribution is 2.41. The van der Waals surface area contributed by atoms with Gasteiger partial charge in [-0.25, -0.2) is 0 Å². The largest absolute Gasteiger partial charge is 0.497 e. The van der Waals surface area contributed by atoms with Gasteiger partial charge in [-0.1, -0.05) is 0 Å². The molecule has 1 unspecified atom stereocenters. The van der Waals surface area contributed by atoms with Crippen molar-refractivity contribution in [3.05, 3.63) is 23.3 Å². The highest BCUT2D eigenvalue weighted by Gasteiger charge is 2.32. The molecule has 2 rings (SSSR count). The lowest BCUT2D eigenvalue weighted by Gasteiger charge is -2.25. The zero-order valence-electron chi connectivity index (χ0n) is 13.6. The fourth-order valence-electron chi connectivity index (χ4n) is 3.06. The van der Waals surface area contributed by atoms with Crippen LogP contribution in [0.25, 0.3) is 0 Å². The minimum absolute atomic E-state index is 0.239. The van der Waals surface area contributed by atoms with Crippen LogP contribution < -0.4 is 15.2 Å². The van der Waals surface area contributed by atoms with Crippen LogP contribution in [-0.2, 0) is 6.54 Å². The lowest BCUT2D eigenvalue weighted by atomic mass is 10.0. The van der Waals surface area contributed by atoms with Crippen molar-refractivity contribution in [1.29, 1.82) is 0 Å². The van der Waals surface area contributed by atoms with Gasteiger partial charge in [0.15, 0.2) is 0 Å². The first-order valence-electron chi connectivity index (χ1n) is 7.44. The van der Waals surface area contributed by atoms with Crippen molar-refractivity contribution < 1.29 is 9.47 Å². The van der Waals surface area contributed by atoms with Gasteiger partial charge in [0.25, 0.3) is 0 Å². The van der Waals surface area contributed by atoms with Crippen LogP contribution in [0.3, 0.4) is 0 Å². The van der Waals surface area contributed by atoms with Gasteiger partial charge in [0.1, 0.15) is 11.5 Å². The first-order chi connectivity index (χ1) is 10.1. The van der Waals surface area contributed by atoms with E-state index >= 15 is 0 Å². The third-order valence-corrected chi connectivity index (χ3v) is 4.08. The van der Waals surface area contributed by atoms with Crippen LogP contribution in [0.4, 0.5) is 0 Å². The molecule has 5 heteroatoms. The molecule has 0 aromatic heterocycles. The number of nitrogens with zero attached hydrogens (tertiary/aromatic N) is 2. The van der Waals surface area contributed by atoms with Crippen molar-refractivity contribution in [3.63, 3.8) is 0 Å². The smallest absolute Gasteiger partial charge is 0.127 e. The van der Waals surface area contributed by atoms with Crippen LogP contribution in [0, 0.1) is 0 Å². The molecule has 1 aromatic rings. The summed E-state index contributed by atoms with van der Waals surface area (Å²) in [6.07, 6.45) is 1.14. The molecule has 1 heterocycles. The molecule has 118 valence electrons. The molecule has 0 amide bonds. The molecule has 2 N–H and O–H groups in total. The Bertz CT molecular complexity index is 477. The Morgan fingerprint density at radius 1 is 1.29 bits per heavy atom. The predicted octanol–water partition coefficient (Wildman–Crippen LogP) is 1.47. The molecule has 0 bridgehead atoms. The molecule has 1 aliphatic heterocycles. The van der Waals surface area contributed by atoms with Gasteiger partial charge in [-0.3, -0.25) is 4.90 Å². The number of ether oxygens (including phenoxy) is 2. The fraction of sp³-hybridized carbons (Fsp3) is 0.625. The summed E-state index contributed by atoms with van der Waals surface area (Å²) in [7, 11) is 7.60. The van der Waals surface area contributed by atoms with E-state index in [1.807, 2.05) is 6.07 Å². The first-order valence-corrected chi connectivity index (χ1v) is 7.44. The topological polar surface area (TPSA) is 51.0 Å². The van der Waals surface area contributed by atoms with E-state index in [0.717, 1.165) is 37.6 Å². The van der Waals surface area contributed by atoms with E-state index in [4.69, 9.17) is 15.2 Å². The molecule has 0 fully saturated rings. The zero-order chi connectivity index (χ0) is 15.4. The summed E-state index contributed by atoms with van der Waals surface area (Å²) >= 11 is 0. The number of hydrogen-bond acceptors (Lipinski definition) is 5. The zero-order valence-corrected chi connectivity index (χ0v) is 13.6. The Morgan fingerprint density at radius 2 is 2.05 bits per heavy atom. The number of fused-ring (bicyclic) bond motifs is 1. The molecule has 5 nitrogen and oxygen atoms in total. The Kier molecular flexibility index (Phi) is 5.45. The van der Waals surface area contributed by atoms with Crippen LogP contribution in [-0.4, -0.2) is 57.7 Å². The van der Waals surface area contributed by atoms with Crippen molar-refractivity contribution in [2.45, 2.75) is 19.0 Å². The molecule has 0 spiro atoms. The van der Waals surface area contributed by atoms with Gasteiger partial charge >= 0.3 is 0 Å². The van der Waals surface area contributed by atoms with Gasteiger partial charge in [0.05, 0.1) is 20.3 Å². The second-order valence-corrected chi connectivity index (χ2v) is 5.78. The maximum absolute atomic E-state index is 6.03. The van der Waals surface area contributed by atoms with Crippen molar-refractivity contribution in [2.24, 2.45) is 5.73 Å². The molecular weight excluding hydrogens is 266 g/mol. The maximum Gasteiger partial charge on any atom is 0.127 e. The summed E-state index contributed by atoms with van der Waals surface area (Å²) in [6, 6.07) is 4.29. The highest BCUT2D eigenvalue weighted by molar-refractivity contribution is 5.50. The first kappa shape index (κ1) is 16.1. The van der Waals surface area contributed by atoms with Crippen molar-refractivity contribution in [1.82, 2.24) is 9.80 Å². The van der Waals surface area contributed by atoms with E-state index in [9.17, 15) is 0 Å². The second kappa shape index (κ2) is 7.11. The standard InChI is InChI=1S/C16H27N3O2/c1-18(2)6-5-7-19-11-12-8-13(20-3)9-15(21-4)16(12)14(19)10-17/h8-9,14H,5-7,10-11,17H2,1-4H3. The van der Waals surface area contributed by atoms with Crippen LogP contribution in [0.15, 0.2) is 12.1 Å². The third-order valence-electron chi connectivity index (χ3n) is 4.08. The van der Waals surface area contributed by atoms with Gasteiger partial charge in [-0.15, -0.1) is 0 Å². The van der Waals surface area contributed by atoms with Gasteiger partial charge in [0, 0.05) is 31.3 Å². The number of methoxy groups -OCH3 is 2. The molecule has 1 aromatic carbocycles. The Hall–Kier alpha value is -1.30. The SMILES string of the molecule is COc1cc2c(c(OC)c1)C(CN)N(CCCN(C)C)C2. The minimum Gasteiger partial charge on any atom is -0.497 e. The lowest BCUT2D eigenvalue weighted by Crippen LogP contribution is -2.30. The lowest BCUT2D eigenvalue weighted by molar-refractivity contribution is 0.206. The van der Waals surface area contributed by atoms with Crippen molar-refractivity contribution in [2.75, 3.05) is 47.9 Å². The monoisotopic (exact) mass is 293 g/mol. The van der Waals surface area contributed by atoms with E-state index in [2.05, 4.69) is 30.0 Å². The van der Waals surface area contributed by atoms with Crippen LogP contribution >= 0.6 is 0 Å². The number of benzene rings is 1. The Balaban J connectivity index is 2.19. The fourth-order valence-corrected chi connectivity index (χ4v) is 3.06. The van der Waals surface area contributed by atoms with Gasteiger partial charge in [0.2, 0.25) is 0 Å². The molecule has 0 saturated carbocycles. The minimum atomic E-state index is 0.239. The van der Waals surface area contributed by atoms with Crippen molar-refractivity contribution >= 4 is 0 Å². The van der Waals surface area contributed by atoms with Crippen molar-refractivity contribution in [3.8, 4) is 11.5 Å². The van der Waals surface area contributed by atoms with Crippen LogP contribution in [0.2, 0.25) is 0 Å². The predicted molar refractivity (Wildman–Crippen MR) is 84.9 cm³/mol. The van der Waals surface area contributed by atoms with E-state index in [1.54, 1.807) is 14.2 Å². The molecule has 1 atom stereocenters. The highest BCUT2D eigenvalue weighted by atomic mass is 16.5. The maximum atomic E-state index is 6.03. The van der Waals surface area contributed by atoms with E-state index in [-0.39, 0.29) is 6.04 Å². The Morgan fingerprint density at radius 3 is 2.62 bits per heavy atom. The van der Waals surface area contributed by atoms with Crippen LogP contribution in [0.5, 0.6) is 11.5 Å². The molecule has 21 heavy (non-hydrogen) atoms. The summed E-state index contributed by atoms with van der Waals surface area (Å²) < 4.78 is 10.9. The molecule has 1 aliphatic rings. The normalized spacial score (nSPS) is 18.1. The van der Waals surface area contributed by atoms with Gasteiger partial charge in [-0.05, 0) is 38.7 Å². The quantitative estimate of drug-likeness (QED) is 0.825. The molecular formula is C16H27N3O2. The molecule has 0 saturated heterocycles. The summed E-state index contributed by atoms with van der Waals surface area (Å²) in [6.45, 7) is 3.65. The second-order valence-electron chi connectivity index (χ2n) is 5.78. The Labute approximate surface area is 127 Å². The van der Waals surface area contributed by atoms with E-state index < -0.39 is 0 Å².